The molecule has 0 radical (unpaired) electrons. The van der Waals surface area contributed by atoms with Crippen LogP contribution >= 0.6 is 0 Å². The lowest BCUT2D eigenvalue weighted by Crippen LogP contribution is -2.60. The van der Waals surface area contributed by atoms with Crippen LogP contribution < -0.4 is 0 Å². The second-order valence-electron chi connectivity index (χ2n) is 14.3. The molecule has 1 spiro atoms. The summed E-state index contributed by atoms with van der Waals surface area (Å²) in [6.45, 7) is 28.2. The van der Waals surface area contributed by atoms with Crippen LogP contribution in [0.4, 0.5) is 0 Å². The second kappa shape index (κ2) is 9.05. The van der Waals surface area contributed by atoms with Crippen molar-refractivity contribution in [3.05, 3.63) is 24.3 Å². The van der Waals surface area contributed by atoms with E-state index in [0.717, 1.165) is 24.7 Å². The largest absolute Gasteiger partial charge is 0.458 e. The fraction of sp³-hybridized carbons (Fsp3) is 0.848. The lowest BCUT2D eigenvalue weighted by Gasteiger charge is -2.63. The summed E-state index contributed by atoms with van der Waals surface area (Å²) < 4.78 is 6.35. The maximum atomic E-state index is 12.5. The maximum absolute atomic E-state index is 12.5. The van der Waals surface area contributed by atoms with Gasteiger partial charge < -0.3 is 4.74 Å². The van der Waals surface area contributed by atoms with E-state index in [9.17, 15) is 4.79 Å². The lowest BCUT2D eigenvalue weighted by atomic mass is 9.43. The molecule has 4 unspecified atom stereocenters. The average molecular weight is 483 g/mol. The highest BCUT2D eigenvalue weighted by atomic mass is 16.6. The van der Waals surface area contributed by atoms with Crippen LogP contribution in [0.3, 0.4) is 0 Å². The van der Waals surface area contributed by atoms with Crippen LogP contribution in [0.1, 0.15) is 120 Å². The highest BCUT2D eigenvalue weighted by Gasteiger charge is 2.68. The molecule has 1 aliphatic heterocycles. The number of ether oxygens (including phenoxy) is 1. The molecule has 4 rings (SSSR count). The quantitative estimate of drug-likeness (QED) is 0.267. The van der Waals surface area contributed by atoms with Crippen molar-refractivity contribution in [1.82, 2.24) is 0 Å². The fourth-order valence-electron chi connectivity index (χ4n) is 10.4. The number of rotatable bonds is 7. The van der Waals surface area contributed by atoms with E-state index in [-0.39, 0.29) is 17.0 Å². The van der Waals surface area contributed by atoms with Gasteiger partial charge in [-0.2, -0.15) is 0 Å². The topological polar surface area (TPSA) is 26.3 Å². The van der Waals surface area contributed by atoms with Gasteiger partial charge in [0.2, 0.25) is 0 Å². The first-order chi connectivity index (χ1) is 16.3. The zero-order valence-electron chi connectivity index (χ0n) is 24.3. The van der Waals surface area contributed by atoms with Crippen molar-refractivity contribution in [2.75, 3.05) is 0 Å². The number of carbonyl (C=O) groups is 1. The van der Waals surface area contributed by atoms with Crippen LogP contribution in [-0.4, -0.2) is 11.6 Å². The molecule has 0 bridgehead atoms. The molecule has 4 fully saturated rings. The first-order valence-electron chi connectivity index (χ1n) is 14.8. The second-order valence-corrected chi connectivity index (χ2v) is 14.3. The van der Waals surface area contributed by atoms with Crippen molar-refractivity contribution < 1.29 is 9.53 Å². The van der Waals surface area contributed by atoms with Crippen molar-refractivity contribution in [3.63, 3.8) is 0 Å². The molecule has 35 heavy (non-hydrogen) atoms. The van der Waals surface area contributed by atoms with E-state index in [1.165, 1.54) is 56.1 Å². The van der Waals surface area contributed by atoms with Crippen LogP contribution in [0.5, 0.6) is 0 Å². The Morgan fingerprint density at radius 1 is 1.03 bits per heavy atom. The number of allylic oxidation sites excluding steroid dienone is 1. The minimum absolute atomic E-state index is 0.0266. The van der Waals surface area contributed by atoms with Crippen LogP contribution in [0, 0.1) is 51.8 Å². The van der Waals surface area contributed by atoms with Crippen molar-refractivity contribution in [2.45, 2.75) is 125 Å². The molecular formula is C33H54O2. The Kier molecular flexibility index (Phi) is 6.98. The van der Waals surface area contributed by atoms with Gasteiger partial charge in [-0.25, -0.2) is 0 Å². The Hall–Kier alpha value is -1.05. The third kappa shape index (κ3) is 3.82. The Balaban J connectivity index is 1.60. The zero-order chi connectivity index (χ0) is 26.0. The number of hydrogen-bond acceptors (Lipinski definition) is 2. The molecule has 0 N–H and O–H groups in total. The molecule has 0 aromatic carbocycles. The van der Waals surface area contributed by atoms with Crippen molar-refractivity contribution in [1.29, 1.82) is 0 Å². The molecule has 0 aromatic rings. The van der Waals surface area contributed by atoms with Gasteiger partial charge >= 0.3 is 5.97 Å². The molecule has 3 aliphatic carbocycles. The summed E-state index contributed by atoms with van der Waals surface area (Å²) >= 11 is 0. The van der Waals surface area contributed by atoms with E-state index in [0.29, 0.717) is 40.9 Å². The summed E-state index contributed by atoms with van der Waals surface area (Å²) in [7, 11) is 0. The number of carbonyl (C=O) groups excluding carboxylic acids is 1. The number of hydrogen-bond donors (Lipinski definition) is 0. The smallest absolute Gasteiger partial charge is 0.306 e. The molecule has 3 saturated carbocycles. The van der Waals surface area contributed by atoms with Crippen LogP contribution in [0.15, 0.2) is 24.3 Å². The summed E-state index contributed by atoms with van der Waals surface area (Å²) in [6.07, 6.45) is 11.6. The van der Waals surface area contributed by atoms with Crippen molar-refractivity contribution in [2.24, 2.45) is 51.8 Å². The SMILES string of the molecule is C=C(C)[C@@H]1CC[C@@H]2[C@H](CC[C@]3(C)[C@@H](C(C)CC(C)C(C)(CC)C(=C)C)CC[C@@]23C)C12CCC(=O)O2. The summed E-state index contributed by atoms with van der Waals surface area (Å²) in [5.41, 5.74) is 3.22. The van der Waals surface area contributed by atoms with Gasteiger partial charge in [0, 0.05) is 18.3 Å². The predicted octanol–water partition coefficient (Wildman–Crippen LogP) is 9.15. The van der Waals surface area contributed by atoms with Gasteiger partial charge in [0.1, 0.15) is 5.60 Å². The highest BCUT2D eigenvalue weighted by Crippen LogP contribution is 2.72. The molecule has 198 valence electrons. The predicted molar refractivity (Wildman–Crippen MR) is 147 cm³/mol. The Labute approximate surface area is 216 Å². The Bertz CT molecular complexity index is 872. The third-order valence-corrected chi connectivity index (χ3v) is 13.2. The molecule has 1 saturated heterocycles. The molecular weight excluding hydrogens is 428 g/mol. The monoisotopic (exact) mass is 482 g/mol. The minimum Gasteiger partial charge on any atom is -0.458 e. The maximum Gasteiger partial charge on any atom is 0.306 e. The van der Waals surface area contributed by atoms with E-state index in [1.54, 1.807) is 0 Å². The summed E-state index contributed by atoms with van der Waals surface area (Å²) in [5.74, 6) is 3.69. The van der Waals surface area contributed by atoms with Gasteiger partial charge in [-0.3, -0.25) is 4.79 Å². The van der Waals surface area contributed by atoms with Gasteiger partial charge in [-0.15, -0.1) is 0 Å². The lowest BCUT2D eigenvalue weighted by molar-refractivity contribution is -0.196. The van der Waals surface area contributed by atoms with Crippen molar-refractivity contribution >= 4 is 5.97 Å². The summed E-state index contributed by atoms with van der Waals surface area (Å²) in [6, 6.07) is 0. The molecule has 0 aromatic heterocycles. The first-order valence-corrected chi connectivity index (χ1v) is 14.8. The molecule has 2 nitrogen and oxygen atoms in total. The fourth-order valence-corrected chi connectivity index (χ4v) is 10.4. The van der Waals surface area contributed by atoms with Gasteiger partial charge in [-0.05, 0) is 112 Å². The molecule has 2 heteroatoms. The van der Waals surface area contributed by atoms with E-state index in [4.69, 9.17) is 4.74 Å². The third-order valence-electron chi connectivity index (χ3n) is 13.2. The normalized spacial score (nSPS) is 44.2. The van der Waals surface area contributed by atoms with E-state index in [1.807, 2.05) is 0 Å². The van der Waals surface area contributed by atoms with Crippen molar-refractivity contribution in [3.8, 4) is 0 Å². The van der Waals surface area contributed by atoms with Gasteiger partial charge in [0.05, 0.1) is 0 Å². The number of esters is 1. The zero-order valence-corrected chi connectivity index (χ0v) is 24.3. The molecule has 4 aliphatic rings. The van der Waals surface area contributed by atoms with Crippen LogP contribution in [0.2, 0.25) is 0 Å². The van der Waals surface area contributed by atoms with E-state index in [2.05, 4.69) is 68.5 Å². The molecule has 0 amide bonds. The van der Waals surface area contributed by atoms with Crippen LogP contribution in [0.25, 0.3) is 0 Å². The average Bonchev–Trinajstić information content (AvgIpc) is 3.30. The van der Waals surface area contributed by atoms with Gasteiger partial charge in [0.15, 0.2) is 0 Å². The highest BCUT2D eigenvalue weighted by molar-refractivity contribution is 5.72. The minimum atomic E-state index is -0.279. The van der Waals surface area contributed by atoms with Gasteiger partial charge in [-0.1, -0.05) is 65.8 Å². The Morgan fingerprint density at radius 2 is 1.69 bits per heavy atom. The number of fused-ring (bicyclic) bond motifs is 4. The molecule has 1 heterocycles. The Morgan fingerprint density at radius 3 is 2.23 bits per heavy atom. The standard InChI is InChI=1S/C33H54O2/c1-11-30(8,22(4)5)24(7)20-23(6)26-14-17-32(10)27-13-12-25(21(2)3)33(19-16-29(34)35-33)28(27)15-18-31(26,32)9/h23-28H,2,4,11-20H2,1,3,5-10H3/t23?,24?,25-,26+,27+,28-,30?,31+,32-,33?/m0/s1. The van der Waals surface area contributed by atoms with Gasteiger partial charge in [0.25, 0.3) is 0 Å². The first kappa shape index (κ1) is 27.0. The van der Waals surface area contributed by atoms with Crippen LogP contribution in [-0.2, 0) is 9.53 Å². The summed E-state index contributed by atoms with van der Waals surface area (Å²) in [4.78, 5) is 12.5. The van der Waals surface area contributed by atoms with E-state index < -0.39 is 0 Å². The summed E-state index contributed by atoms with van der Waals surface area (Å²) in [5, 5.41) is 0. The van der Waals surface area contributed by atoms with E-state index >= 15 is 0 Å². The molecule has 10 atom stereocenters.